The molecule has 5 nitrogen and oxygen atoms in total. The SMILES string of the molecule is O=C(C1CC=CCC1)N(Cc1ccco1)C1CCS(=O)(=O)C1. The Bertz CT molecular complexity index is 648. The van der Waals surface area contributed by atoms with Crippen LogP contribution in [0.1, 0.15) is 31.4 Å². The van der Waals surface area contributed by atoms with E-state index in [0.717, 1.165) is 19.3 Å². The molecule has 0 spiro atoms. The second-order valence-electron chi connectivity index (χ2n) is 6.08. The first-order chi connectivity index (χ1) is 10.6. The number of carbonyl (C=O) groups excluding carboxylic acids is 1. The van der Waals surface area contributed by atoms with E-state index in [1.165, 1.54) is 0 Å². The highest BCUT2D eigenvalue weighted by molar-refractivity contribution is 7.91. The van der Waals surface area contributed by atoms with E-state index in [2.05, 4.69) is 6.08 Å². The average molecular weight is 323 g/mol. The van der Waals surface area contributed by atoms with Crippen molar-refractivity contribution in [1.82, 2.24) is 4.90 Å². The molecule has 0 N–H and O–H groups in total. The van der Waals surface area contributed by atoms with Crippen LogP contribution in [0.2, 0.25) is 0 Å². The van der Waals surface area contributed by atoms with Gasteiger partial charge in [0.1, 0.15) is 5.76 Å². The van der Waals surface area contributed by atoms with Crippen molar-refractivity contribution in [2.75, 3.05) is 11.5 Å². The summed E-state index contributed by atoms with van der Waals surface area (Å²) in [5.74, 6) is 0.960. The molecule has 0 bridgehead atoms. The Labute approximate surface area is 130 Å². The van der Waals surface area contributed by atoms with E-state index >= 15 is 0 Å². The van der Waals surface area contributed by atoms with E-state index in [1.54, 1.807) is 17.2 Å². The molecule has 0 saturated carbocycles. The van der Waals surface area contributed by atoms with Gasteiger partial charge in [-0.3, -0.25) is 4.79 Å². The monoisotopic (exact) mass is 323 g/mol. The third kappa shape index (κ3) is 3.43. The van der Waals surface area contributed by atoms with Crippen molar-refractivity contribution < 1.29 is 17.6 Å². The number of furan rings is 1. The van der Waals surface area contributed by atoms with Gasteiger partial charge in [0.15, 0.2) is 9.84 Å². The van der Waals surface area contributed by atoms with Crippen molar-refractivity contribution in [2.45, 2.75) is 38.3 Å². The van der Waals surface area contributed by atoms with Gasteiger partial charge in [-0.15, -0.1) is 0 Å². The van der Waals surface area contributed by atoms with Gasteiger partial charge in [-0.25, -0.2) is 8.42 Å². The maximum absolute atomic E-state index is 12.9. The zero-order valence-electron chi connectivity index (χ0n) is 12.5. The van der Waals surface area contributed by atoms with Crippen LogP contribution >= 0.6 is 0 Å². The number of carbonyl (C=O) groups is 1. The molecule has 2 atom stereocenters. The molecule has 2 aliphatic rings. The number of nitrogens with zero attached hydrogens (tertiary/aromatic N) is 1. The molecule has 1 aromatic rings. The molecule has 120 valence electrons. The fraction of sp³-hybridized carbons (Fsp3) is 0.562. The van der Waals surface area contributed by atoms with Crippen molar-refractivity contribution in [3.63, 3.8) is 0 Å². The first-order valence-electron chi connectivity index (χ1n) is 7.73. The molecule has 2 unspecified atom stereocenters. The van der Waals surface area contributed by atoms with Crippen LogP contribution in [0.25, 0.3) is 0 Å². The van der Waals surface area contributed by atoms with Gasteiger partial charge in [-0.2, -0.15) is 0 Å². The van der Waals surface area contributed by atoms with Crippen LogP contribution in [-0.4, -0.2) is 36.8 Å². The Morgan fingerprint density at radius 3 is 2.77 bits per heavy atom. The van der Waals surface area contributed by atoms with Crippen LogP contribution in [0.3, 0.4) is 0 Å². The summed E-state index contributed by atoms with van der Waals surface area (Å²) >= 11 is 0. The maximum Gasteiger partial charge on any atom is 0.226 e. The van der Waals surface area contributed by atoms with Gasteiger partial charge in [0.2, 0.25) is 5.91 Å². The fourth-order valence-electron chi connectivity index (χ4n) is 3.23. The van der Waals surface area contributed by atoms with Crippen LogP contribution in [-0.2, 0) is 21.2 Å². The molecule has 1 fully saturated rings. The zero-order valence-corrected chi connectivity index (χ0v) is 13.3. The molecule has 0 radical (unpaired) electrons. The maximum atomic E-state index is 12.9. The zero-order chi connectivity index (χ0) is 15.6. The smallest absolute Gasteiger partial charge is 0.226 e. The van der Waals surface area contributed by atoms with Crippen molar-refractivity contribution in [3.05, 3.63) is 36.3 Å². The first-order valence-corrected chi connectivity index (χ1v) is 9.55. The summed E-state index contributed by atoms with van der Waals surface area (Å²) in [6.45, 7) is 0.353. The molecule has 0 aromatic carbocycles. The Morgan fingerprint density at radius 1 is 1.32 bits per heavy atom. The second kappa shape index (κ2) is 6.28. The van der Waals surface area contributed by atoms with Crippen LogP contribution in [0.15, 0.2) is 35.0 Å². The van der Waals surface area contributed by atoms with Gasteiger partial charge in [0.05, 0.1) is 24.3 Å². The number of allylic oxidation sites excluding steroid dienone is 2. The number of amides is 1. The Balaban J connectivity index is 1.79. The van der Waals surface area contributed by atoms with Gasteiger partial charge >= 0.3 is 0 Å². The molecule has 1 aromatic heterocycles. The minimum atomic E-state index is -3.02. The van der Waals surface area contributed by atoms with Crippen molar-refractivity contribution in [2.24, 2.45) is 5.92 Å². The highest BCUT2D eigenvalue weighted by Crippen LogP contribution is 2.26. The predicted molar refractivity (Wildman–Crippen MR) is 82.8 cm³/mol. The Morgan fingerprint density at radius 2 is 2.18 bits per heavy atom. The van der Waals surface area contributed by atoms with E-state index in [4.69, 9.17) is 4.42 Å². The Hall–Kier alpha value is -1.56. The number of rotatable bonds is 4. The topological polar surface area (TPSA) is 67.6 Å². The lowest BCUT2D eigenvalue weighted by Gasteiger charge is -2.31. The van der Waals surface area contributed by atoms with Crippen molar-refractivity contribution in [3.8, 4) is 0 Å². The number of hydrogen-bond donors (Lipinski definition) is 0. The lowest BCUT2D eigenvalue weighted by Crippen LogP contribution is -2.44. The van der Waals surface area contributed by atoms with E-state index < -0.39 is 9.84 Å². The van der Waals surface area contributed by atoms with Crippen LogP contribution in [0, 0.1) is 5.92 Å². The quantitative estimate of drug-likeness (QED) is 0.796. The third-order valence-electron chi connectivity index (χ3n) is 4.46. The summed E-state index contributed by atoms with van der Waals surface area (Å²) in [5, 5.41) is 0. The van der Waals surface area contributed by atoms with Crippen LogP contribution in [0.5, 0.6) is 0 Å². The highest BCUT2D eigenvalue weighted by Gasteiger charge is 2.37. The molecule has 1 aliphatic heterocycles. The number of hydrogen-bond acceptors (Lipinski definition) is 4. The lowest BCUT2D eigenvalue weighted by atomic mass is 9.92. The number of sulfone groups is 1. The Kier molecular flexibility index (Phi) is 4.38. The molecular formula is C16H21NO4S. The highest BCUT2D eigenvalue weighted by atomic mass is 32.2. The largest absolute Gasteiger partial charge is 0.467 e. The molecule has 2 heterocycles. The molecular weight excluding hydrogens is 302 g/mol. The van der Waals surface area contributed by atoms with Gasteiger partial charge < -0.3 is 9.32 Å². The van der Waals surface area contributed by atoms with E-state index in [-0.39, 0.29) is 29.4 Å². The molecule has 1 aliphatic carbocycles. The molecule has 6 heteroatoms. The third-order valence-corrected chi connectivity index (χ3v) is 6.21. The van der Waals surface area contributed by atoms with E-state index in [0.29, 0.717) is 18.7 Å². The molecule has 1 amide bonds. The predicted octanol–water partition coefficient (Wildman–Crippen LogP) is 2.15. The molecule has 3 rings (SSSR count). The van der Waals surface area contributed by atoms with Crippen LogP contribution < -0.4 is 0 Å². The fourth-order valence-corrected chi connectivity index (χ4v) is 4.96. The molecule has 1 saturated heterocycles. The van der Waals surface area contributed by atoms with Crippen molar-refractivity contribution in [1.29, 1.82) is 0 Å². The minimum Gasteiger partial charge on any atom is -0.467 e. The van der Waals surface area contributed by atoms with E-state index in [1.807, 2.05) is 12.1 Å². The van der Waals surface area contributed by atoms with Gasteiger partial charge in [-0.05, 0) is 37.8 Å². The summed E-state index contributed by atoms with van der Waals surface area (Å²) < 4.78 is 28.9. The van der Waals surface area contributed by atoms with Gasteiger partial charge in [0.25, 0.3) is 0 Å². The minimum absolute atomic E-state index is 0.0386. The standard InChI is InChI=1S/C16H21NO4S/c18-16(13-5-2-1-3-6-13)17(11-15-7-4-9-21-15)14-8-10-22(19,20)12-14/h1-2,4,7,9,13-14H,3,5-6,8,10-12H2. The van der Waals surface area contributed by atoms with Gasteiger partial charge in [-0.1, -0.05) is 12.2 Å². The lowest BCUT2D eigenvalue weighted by molar-refractivity contribution is -0.138. The van der Waals surface area contributed by atoms with E-state index in [9.17, 15) is 13.2 Å². The normalized spacial score (nSPS) is 26.9. The summed E-state index contributed by atoms with van der Waals surface area (Å²) in [6, 6.07) is 3.38. The summed E-state index contributed by atoms with van der Waals surface area (Å²) in [7, 11) is -3.02. The van der Waals surface area contributed by atoms with Gasteiger partial charge in [0, 0.05) is 12.0 Å². The summed E-state index contributed by atoms with van der Waals surface area (Å²) in [4.78, 5) is 14.6. The average Bonchev–Trinajstić information content (AvgIpc) is 3.14. The molecule has 22 heavy (non-hydrogen) atoms. The van der Waals surface area contributed by atoms with Crippen LogP contribution in [0.4, 0.5) is 0 Å². The summed E-state index contributed by atoms with van der Waals surface area (Å²) in [5.41, 5.74) is 0. The summed E-state index contributed by atoms with van der Waals surface area (Å²) in [6.07, 6.45) is 8.73. The van der Waals surface area contributed by atoms with Crippen molar-refractivity contribution >= 4 is 15.7 Å². The second-order valence-corrected chi connectivity index (χ2v) is 8.31. The first kappa shape index (κ1) is 15.3.